The van der Waals surface area contributed by atoms with Crippen LogP contribution in [0.25, 0.3) is 11.1 Å². The van der Waals surface area contributed by atoms with Crippen LogP contribution in [-0.2, 0) is 9.53 Å². The third kappa shape index (κ3) is 9.20. The van der Waals surface area contributed by atoms with Gasteiger partial charge in [-0.3, -0.25) is 14.5 Å². The summed E-state index contributed by atoms with van der Waals surface area (Å²) in [5.41, 5.74) is 6.72. The van der Waals surface area contributed by atoms with Crippen LogP contribution in [0.5, 0.6) is 5.75 Å². The fraction of sp³-hybridized carbons (Fsp3) is 0.455. The van der Waals surface area contributed by atoms with Crippen LogP contribution in [0.1, 0.15) is 43.1 Å². The highest BCUT2D eigenvalue weighted by atomic mass is 16.5. The summed E-state index contributed by atoms with van der Waals surface area (Å²) in [5, 5.41) is 6.01. The zero-order valence-electron chi connectivity index (χ0n) is 25.5. The molecule has 8 heteroatoms. The standard InChI is InChI=1S/C33H46N4O4/c1-7-36(6)32-21-28(27-9-11-30(12-10-27)41-16-8-13-37-14-17-40-18-15-37)20-31(26(32)4)33(39)35-22-29(23-38)24(2)19-25(3)34-5/h9-12,19-21,23,34H,7-8,13-18,22H2,1-6H3,(H,35,39)/b25-19-,29-24-. The Balaban J connectivity index is 1.75. The Hall–Kier alpha value is -3.62. The number of allylic oxidation sites excluding steroid dienone is 3. The molecule has 0 bridgehead atoms. The van der Waals surface area contributed by atoms with Crippen LogP contribution < -0.4 is 20.3 Å². The largest absolute Gasteiger partial charge is 0.494 e. The van der Waals surface area contributed by atoms with E-state index >= 15 is 0 Å². The topological polar surface area (TPSA) is 83.1 Å². The molecule has 2 N–H and O–H groups in total. The van der Waals surface area contributed by atoms with E-state index < -0.39 is 0 Å². The minimum Gasteiger partial charge on any atom is -0.494 e. The van der Waals surface area contributed by atoms with Gasteiger partial charge in [-0.25, -0.2) is 0 Å². The number of hydrogen-bond donors (Lipinski definition) is 2. The summed E-state index contributed by atoms with van der Waals surface area (Å²) in [4.78, 5) is 29.7. The van der Waals surface area contributed by atoms with Gasteiger partial charge in [-0.2, -0.15) is 0 Å². The van der Waals surface area contributed by atoms with E-state index in [4.69, 9.17) is 9.47 Å². The number of anilines is 1. The smallest absolute Gasteiger partial charge is 0.251 e. The van der Waals surface area contributed by atoms with Crippen molar-refractivity contribution in [1.82, 2.24) is 15.5 Å². The zero-order chi connectivity index (χ0) is 29.8. The molecule has 0 radical (unpaired) electrons. The van der Waals surface area contributed by atoms with Crippen LogP contribution >= 0.6 is 0 Å². The second-order valence-corrected chi connectivity index (χ2v) is 10.4. The number of hydrogen-bond acceptors (Lipinski definition) is 7. The van der Waals surface area contributed by atoms with Gasteiger partial charge in [0.2, 0.25) is 0 Å². The lowest BCUT2D eigenvalue weighted by Crippen LogP contribution is -2.37. The third-order valence-electron chi connectivity index (χ3n) is 7.60. The molecule has 0 aromatic heterocycles. The first kappa shape index (κ1) is 31.9. The molecule has 1 amide bonds. The quantitative estimate of drug-likeness (QED) is 0.151. The number of aldehydes is 1. The van der Waals surface area contributed by atoms with E-state index in [0.717, 1.165) is 91.5 Å². The summed E-state index contributed by atoms with van der Waals surface area (Å²) >= 11 is 0. The molecule has 41 heavy (non-hydrogen) atoms. The highest BCUT2D eigenvalue weighted by molar-refractivity contribution is 5.99. The Kier molecular flexibility index (Phi) is 12.4. The first-order chi connectivity index (χ1) is 19.8. The number of benzene rings is 2. The molecule has 0 atom stereocenters. The van der Waals surface area contributed by atoms with Crippen LogP contribution in [0.4, 0.5) is 5.69 Å². The van der Waals surface area contributed by atoms with Crippen LogP contribution in [0.2, 0.25) is 0 Å². The second kappa shape index (κ2) is 16.0. The maximum atomic E-state index is 13.4. The lowest BCUT2D eigenvalue weighted by atomic mass is 9.96. The number of amides is 1. The van der Waals surface area contributed by atoms with Gasteiger partial charge in [-0.15, -0.1) is 0 Å². The number of nitrogens with one attached hydrogen (secondary N) is 2. The fourth-order valence-electron chi connectivity index (χ4n) is 4.75. The second-order valence-electron chi connectivity index (χ2n) is 10.4. The highest BCUT2D eigenvalue weighted by Crippen LogP contribution is 2.31. The van der Waals surface area contributed by atoms with Crippen LogP contribution in [0.15, 0.2) is 59.3 Å². The molecule has 1 aliphatic heterocycles. The summed E-state index contributed by atoms with van der Waals surface area (Å²) in [6.07, 6.45) is 3.67. The van der Waals surface area contributed by atoms with Gasteiger partial charge in [-0.1, -0.05) is 12.1 Å². The molecule has 1 heterocycles. The van der Waals surface area contributed by atoms with Crippen molar-refractivity contribution in [3.8, 4) is 16.9 Å². The minimum absolute atomic E-state index is 0.155. The van der Waals surface area contributed by atoms with Gasteiger partial charge in [-0.05, 0) is 86.7 Å². The first-order valence-corrected chi connectivity index (χ1v) is 14.5. The number of ether oxygens (including phenoxy) is 2. The van der Waals surface area contributed by atoms with Crippen molar-refractivity contribution in [3.63, 3.8) is 0 Å². The van der Waals surface area contributed by atoms with Gasteiger partial charge in [0, 0.05) is 69.3 Å². The van der Waals surface area contributed by atoms with Crippen molar-refractivity contribution in [2.45, 2.75) is 34.1 Å². The summed E-state index contributed by atoms with van der Waals surface area (Å²) in [5.74, 6) is 0.620. The van der Waals surface area contributed by atoms with Gasteiger partial charge in [0.25, 0.3) is 5.91 Å². The van der Waals surface area contributed by atoms with E-state index in [2.05, 4.69) is 33.4 Å². The predicted octanol–water partition coefficient (Wildman–Crippen LogP) is 4.59. The molecular weight excluding hydrogens is 516 g/mol. The molecule has 0 spiro atoms. The van der Waals surface area contributed by atoms with Crippen LogP contribution in [0.3, 0.4) is 0 Å². The van der Waals surface area contributed by atoms with E-state index in [0.29, 0.717) is 17.7 Å². The molecule has 8 nitrogen and oxygen atoms in total. The van der Waals surface area contributed by atoms with E-state index in [9.17, 15) is 9.59 Å². The Morgan fingerprint density at radius 3 is 2.46 bits per heavy atom. The molecular formula is C33H46N4O4. The van der Waals surface area contributed by atoms with Gasteiger partial charge < -0.3 is 25.0 Å². The van der Waals surface area contributed by atoms with Gasteiger partial charge >= 0.3 is 0 Å². The van der Waals surface area contributed by atoms with Crippen molar-refractivity contribution in [2.75, 3.05) is 71.5 Å². The average Bonchev–Trinajstić information content (AvgIpc) is 3.00. The molecule has 0 saturated carbocycles. The van der Waals surface area contributed by atoms with Gasteiger partial charge in [0.05, 0.1) is 19.8 Å². The maximum Gasteiger partial charge on any atom is 0.251 e. The number of morpholine rings is 1. The third-order valence-corrected chi connectivity index (χ3v) is 7.60. The molecule has 0 unspecified atom stereocenters. The van der Waals surface area contributed by atoms with E-state index in [1.54, 1.807) is 0 Å². The molecule has 0 aliphatic carbocycles. The predicted molar refractivity (Wildman–Crippen MR) is 167 cm³/mol. The van der Waals surface area contributed by atoms with Crippen molar-refractivity contribution in [2.24, 2.45) is 0 Å². The van der Waals surface area contributed by atoms with E-state index in [1.165, 1.54) is 0 Å². The Morgan fingerprint density at radius 2 is 1.83 bits per heavy atom. The maximum absolute atomic E-state index is 13.4. The molecule has 2 aromatic rings. The molecule has 3 rings (SSSR count). The Bertz CT molecular complexity index is 1230. The summed E-state index contributed by atoms with van der Waals surface area (Å²) in [6.45, 7) is 14.1. The minimum atomic E-state index is -0.211. The molecule has 2 aromatic carbocycles. The van der Waals surface area contributed by atoms with Crippen LogP contribution in [0, 0.1) is 6.92 Å². The summed E-state index contributed by atoms with van der Waals surface area (Å²) in [7, 11) is 3.85. The van der Waals surface area contributed by atoms with E-state index in [1.807, 2.05) is 71.3 Å². The number of nitrogens with zero attached hydrogens (tertiary/aromatic N) is 2. The Labute approximate surface area is 245 Å². The summed E-state index contributed by atoms with van der Waals surface area (Å²) < 4.78 is 11.4. The van der Waals surface area contributed by atoms with E-state index in [-0.39, 0.29) is 12.5 Å². The lowest BCUT2D eigenvalue weighted by molar-refractivity contribution is -0.105. The SMILES string of the molecule is CCN(C)c1cc(-c2ccc(OCCCN3CCOCC3)cc2)cc(C(=O)NC/C(C=O)=C(C)/C=C(/C)NC)c1C. The van der Waals surface area contributed by atoms with Crippen molar-refractivity contribution in [1.29, 1.82) is 0 Å². The molecule has 1 fully saturated rings. The summed E-state index contributed by atoms with van der Waals surface area (Å²) in [6, 6.07) is 12.1. The molecule has 1 aliphatic rings. The van der Waals surface area contributed by atoms with Crippen LogP contribution in [-0.4, -0.2) is 83.7 Å². The fourth-order valence-corrected chi connectivity index (χ4v) is 4.75. The van der Waals surface area contributed by atoms with Crippen molar-refractivity contribution < 1.29 is 19.1 Å². The number of rotatable bonds is 14. The molecule has 1 saturated heterocycles. The Morgan fingerprint density at radius 1 is 1.12 bits per heavy atom. The van der Waals surface area contributed by atoms with Crippen molar-refractivity contribution in [3.05, 3.63) is 70.4 Å². The van der Waals surface area contributed by atoms with Gasteiger partial charge in [0.1, 0.15) is 12.0 Å². The average molecular weight is 563 g/mol. The zero-order valence-corrected chi connectivity index (χ0v) is 25.5. The lowest BCUT2D eigenvalue weighted by Gasteiger charge is -2.26. The highest BCUT2D eigenvalue weighted by Gasteiger charge is 2.17. The monoisotopic (exact) mass is 562 g/mol. The number of carbonyl (C=O) groups excluding carboxylic acids is 2. The first-order valence-electron chi connectivity index (χ1n) is 14.5. The number of carbonyl (C=O) groups is 2. The van der Waals surface area contributed by atoms with Gasteiger partial charge in [0.15, 0.2) is 0 Å². The van der Waals surface area contributed by atoms with Crippen molar-refractivity contribution >= 4 is 17.9 Å². The molecule has 222 valence electrons. The normalized spacial score (nSPS) is 14.7.